The van der Waals surface area contributed by atoms with Crippen LogP contribution in [0.4, 0.5) is 5.69 Å². The number of anilines is 1. The van der Waals surface area contributed by atoms with Gasteiger partial charge in [0.25, 0.3) is 0 Å². The molecule has 0 unspecified atom stereocenters. The first-order chi connectivity index (χ1) is 13.2. The first kappa shape index (κ1) is 18.5. The van der Waals surface area contributed by atoms with Gasteiger partial charge in [0.1, 0.15) is 17.2 Å². The standard InChI is InChI=1S/C21H23N3O3/c1-4-17-21(22-19(25)12-14-8-6-5-7-9-14)20(24-23-17)16-13-15(26-2)10-11-18(16)27-3/h5-11,13H,4,12H2,1-3H3,(H,22,25)(H,23,24). The van der Waals surface area contributed by atoms with Gasteiger partial charge in [0.15, 0.2) is 0 Å². The molecule has 6 heteroatoms. The average Bonchev–Trinajstić information content (AvgIpc) is 3.10. The Morgan fingerprint density at radius 3 is 2.56 bits per heavy atom. The zero-order valence-electron chi connectivity index (χ0n) is 15.7. The van der Waals surface area contributed by atoms with Gasteiger partial charge in [-0.15, -0.1) is 0 Å². The molecule has 140 valence electrons. The SMILES string of the molecule is CCc1[nH]nc(-c2cc(OC)ccc2OC)c1NC(=O)Cc1ccccc1. The Balaban J connectivity index is 1.95. The Morgan fingerprint density at radius 2 is 1.89 bits per heavy atom. The van der Waals surface area contributed by atoms with Gasteiger partial charge >= 0.3 is 0 Å². The van der Waals surface area contributed by atoms with E-state index in [-0.39, 0.29) is 5.91 Å². The highest BCUT2D eigenvalue weighted by molar-refractivity contribution is 5.97. The van der Waals surface area contributed by atoms with E-state index < -0.39 is 0 Å². The number of rotatable bonds is 7. The number of nitrogens with one attached hydrogen (secondary N) is 2. The highest BCUT2D eigenvalue weighted by atomic mass is 16.5. The fraction of sp³-hybridized carbons (Fsp3) is 0.238. The quantitative estimate of drug-likeness (QED) is 0.667. The molecule has 1 aromatic heterocycles. The molecule has 0 fully saturated rings. The first-order valence-corrected chi connectivity index (χ1v) is 8.79. The third-order valence-corrected chi connectivity index (χ3v) is 4.33. The number of hydrogen-bond acceptors (Lipinski definition) is 4. The van der Waals surface area contributed by atoms with Crippen LogP contribution in [0.2, 0.25) is 0 Å². The lowest BCUT2D eigenvalue weighted by atomic mass is 10.1. The number of aromatic amines is 1. The van der Waals surface area contributed by atoms with Gasteiger partial charge in [-0.3, -0.25) is 9.89 Å². The molecule has 0 spiro atoms. The van der Waals surface area contributed by atoms with Gasteiger partial charge in [-0.1, -0.05) is 37.3 Å². The van der Waals surface area contributed by atoms with Crippen molar-refractivity contribution in [2.45, 2.75) is 19.8 Å². The highest BCUT2D eigenvalue weighted by Gasteiger charge is 2.20. The van der Waals surface area contributed by atoms with Crippen LogP contribution >= 0.6 is 0 Å². The molecule has 0 aliphatic carbocycles. The van der Waals surface area contributed by atoms with Crippen molar-refractivity contribution in [2.75, 3.05) is 19.5 Å². The van der Waals surface area contributed by atoms with E-state index in [1.807, 2.05) is 55.5 Å². The van der Waals surface area contributed by atoms with Gasteiger partial charge in [-0.25, -0.2) is 0 Å². The minimum absolute atomic E-state index is 0.0968. The summed E-state index contributed by atoms with van der Waals surface area (Å²) in [6.07, 6.45) is 1.00. The van der Waals surface area contributed by atoms with Gasteiger partial charge < -0.3 is 14.8 Å². The Hall–Kier alpha value is -3.28. The molecular formula is C21H23N3O3. The van der Waals surface area contributed by atoms with Crippen LogP contribution in [0.15, 0.2) is 48.5 Å². The molecule has 0 saturated heterocycles. The molecule has 2 N–H and O–H groups in total. The number of benzene rings is 2. The van der Waals surface area contributed by atoms with Gasteiger partial charge in [-0.05, 0) is 30.2 Å². The molecule has 0 atom stereocenters. The van der Waals surface area contributed by atoms with Crippen molar-refractivity contribution >= 4 is 11.6 Å². The number of methoxy groups -OCH3 is 2. The van der Waals surface area contributed by atoms with Crippen LogP contribution < -0.4 is 14.8 Å². The summed E-state index contributed by atoms with van der Waals surface area (Å²) < 4.78 is 10.8. The monoisotopic (exact) mass is 365 g/mol. The molecule has 3 rings (SSSR count). The number of amides is 1. The summed E-state index contributed by atoms with van der Waals surface area (Å²) in [4.78, 5) is 12.6. The summed E-state index contributed by atoms with van der Waals surface area (Å²) in [7, 11) is 3.21. The van der Waals surface area contributed by atoms with Gasteiger partial charge in [0.05, 0.1) is 32.0 Å². The molecule has 2 aromatic carbocycles. The van der Waals surface area contributed by atoms with Crippen molar-refractivity contribution in [3.05, 3.63) is 59.8 Å². The average molecular weight is 365 g/mol. The van der Waals surface area contributed by atoms with E-state index in [2.05, 4.69) is 15.5 Å². The normalized spacial score (nSPS) is 10.5. The second-order valence-electron chi connectivity index (χ2n) is 6.06. The summed E-state index contributed by atoms with van der Waals surface area (Å²) in [6, 6.07) is 15.1. The highest BCUT2D eigenvalue weighted by Crippen LogP contribution is 2.37. The van der Waals surface area contributed by atoms with Crippen molar-refractivity contribution in [3.63, 3.8) is 0 Å². The van der Waals surface area contributed by atoms with Crippen LogP contribution in [-0.2, 0) is 17.6 Å². The third kappa shape index (κ3) is 4.11. The van der Waals surface area contributed by atoms with Crippen molar-refractivity contribution in [1.82, 2.24) is 10.2 Å². The maximum absolute atomic E-state index is 12.6. The van der Waals surface area contributed by atoms with Gasteiger partial charge in [-0.2, -0.15) is 5.10 Å². The van der Waals surface area contributed by atoms with Gasteiger partial charge in [0.2, 0.25) is 5.91 Å². The van der Waals surface area contributed by atoms with E-state index in [9.17, 15) is 4.79 Å². The van der Waals surface area contributed by atoms with Crippen molar-refractivity contribution in [2.24, 2.45) is 0 Å². The molecule has 0 radical (unpaired) electrons. The van der Waals surface area contributed by atoms with E-state index in [1.54, 1.807) is 14.2 Å². The van der Waals surface area contributed by atoms with E-state index >= 15 is 0 Å². The summed E-state index contributed by atoms with van der Waals surface area (Å²) in [5, 5.41) is 10.5. The molecule has 6 nitrogen and oxygen atoms in total. The predicted octanol–water partition coefficient (Wildman–Crippen LogP) is 3.84. The Morgan fingerprint density at radius 1 is 1.11 bits per heavy atom. The number of aryl methyl sites for hydroxylation is 1. The minimum Gasteiger partial charge on any atom is -0.497 e. The fourth-order valence-corrected chi connectivity index (χ4v) is 2.93. The van der Waals surface area contributed by atoms with Crippen LogP contribution in [0.5, 0.6) is 11.5 Å². The van der Waals surface area contributed by atoms with Crippen LogP contribution in [0.1, 0.15) is 18.2 Å². The van der Waals surface area contributed by atoms with Crippen LogP contribution in [0.3, 0.4) is 0 Å². The Kier molecular flexibility index (Phi) is 5.76. The van der Waals surface area contributed by atoms with E-state index in [0.717, 1.165) is 16.8 Å². The Bertz CT molecular complexity index is 920. The summed E-state index contributed by atoms with van der Waals surface area (Å²) in [5.74, 6) is 1.25. The van der Waals surface area contributed by atoms with Crippen LogP contribution in [-0.4, -0.2) is 30.3 Å². The zero-order valence-corrected chi connectivity index (χ0v) is 15.7. The van der Waals surface area contributed by atoms with E-state index in [4.69, 9.17) is 9.47 Å². The predicted molar refractivity (Wildman–Crippen MR) is 105 cm³/mol. The summed E-state index contributed by atoms with van der Waals surface area (Å²) in [6.45, 7) is 2.01. The van der Waals surface area contributed by atoms with Crippen molar-refractivity contribution in [3.8, 4) is 22.8 Å². The number of hydrogen-bond donors (Lipinski definition) is 2. The second kappa shape index (κ2) is 8.40. The number of aromatic nitrogens is 2. The lowest BCUT2D eigenvalue weighted by molar-refractivity contribution is -0.115. The smallest absolute Gasteiger partial charge is 0.228 e. The second-order valence-corrected chi connectivity index (χ2v) is 6.06. The molecule has 1 amide bonds. The van der Waals surface area contributed by atoms with Crippen molar-refractivity contribution in [1.29, 1.82) is 0 Å². The maximum Gasteiger partial charge on any atom is 0.228 e. The molecule has 1 heterocycles. The number of H-pyrrole nitrogens is 1. The van der Waals surface area contributed by atoms with E-state index in [0.29, 0.717) is 35.7 Å². The van der Waals surface area contributed by atoms with Crippen molar-refractivity contribution < 1.29 is 14.3 Å². The molecule has 0 bridgehead atoms. The molecule has 0 aliphatic rings. The molecule has 0 aliphatic heterocycles. The topological polar surface area (TPSA) is 76.2 Å². The largest absolute Gasteiger partial charge is 0.497 e. The maximum atomic E-state index is 12.6. The molecular weight excluding hydrogens is 342 g/mol. The summed E-state index contributed by atoms with van der Waals surface area (Å²) in [5.41, 5.74) is 3.87. The van der Waals surface area contributed by atoms with Crippen LogP contribution in [0.25, 0.3) is 11.3 Å². The first-order valence-electron chi connectivity index (χ1n) is 8.79. The number of carbonyl (C=O) groups is 1. The third-order valence-electron chi connectivity index (χ3n) is 4.33. The minimum atomic E-state index is -0.0968. The fourth-order valence-electron chi connectivity index (χ4n) is 2.93. The van der Waals surface area contributed by atoms with Crippen LogP contribution in [0, 0.1) is 0 Å². The summed E-state index contributed by atoms with van der Waals surface area (Å²) >= 11 is 0. The Labute approximate surface area is 158 Å². The molecule has 27 heavy (non-hydrogen) atoms. The lowest BCUT2D eigenvalue weighted by Gasteiger charge is -2.12. The molecule has 3 aromatic rings. The number of nitrogens with zero attached hydrogens (tertiary/aromatic N) is 1. The zero-order chi connectivity index (χ0) is 19.2. The van der Waals surface area contributed by atoms with Gasteiger partial charge in [0, 0.05) is 5.56 Å². The number of ether oxygens (including phenoxy) is 2. The molecule has 0 saturated carbocycles. The lowest BCUT2D eigenvalue weighted by Crippen LogP contribution is -2.15. The van der Waals surface area contributed by atoms with E-state index in [1.165, 1.54) is 0 Å². The number of carbonyl (C=O) groups excluding carboxylic acids is 1.